The SMILES string of the molecule is CC(C)C(C)NC(=O)C1CCN(C(C)C(=O)N2N=C(c3ccc(Cl)cc3)CC2c2ccco2)CC1. The number of nitrogens with zero attached hydrogens (tertiary/aromatic N) is 3. The molecule has 188 valence electrons. The number of hydrazone groups is 1. The molecule has 35 heavy (non-hydrogen) atoms. The lowest BCUT2D eigenvalue weighted by atomic mass is 9.94. The molecule has 0 aliphatic carbocycles. The van der Waals surface area contributed by atoms with Crippen LogP contribution in [0.5, 0.6) is 0 Å². The van der Waals surface area contributed by atoms with Gasteiger partial charge in [-0.1, -0.05) is 37.6 Å². The normalized spacial score (nSPS) is 21.1. The molecule has 7 nitrogen and oxygen atoms in total. The summed E-state index contributed by atoms with van der Waals surface area (Å²) in [5, 5.41) is 10.1. The van der Waals surface area contributed by atoms with Crippen LogP contribution in [0.3, 0.4) is 0 Å². The second-order valence-corrected chi connectivity index (χ2v) is 10.4. The summed E-state index contributed by atoms with van der Waals surface area (Å²) in [6.45, 7) is 9.59. The van der Waals surface area contributed by atoms with Gasteiger partial charge in [-0.15, -0.1) is 0 Å². The largest absolute Gasteiger partial charge is 0.467 e. The van der Waals surface area contributed by atoms with E-state index in [4.69, 9.17) is 21.1 Å². The molecular weight excluding hydrogens is 464 g/mol. The Morgan fingerprint density at radius 3 is 2.37 bits per heavy atom. The van der Waals surface area contributed by atoms with E-state index in [1.54, 1.807) is 11.3 Å². The minimum Gasteiger partial charge on any atom is -0.467 e. The van der Waals surface area contributed by atoms with Crippen molar-refractivity contribution in [1.29, 1.82) is 0 Å². The van der Waals surface area contributed by atoms with E-state index < -0.39 is 0 Å². The molecule has 1 aromatic carbocycles. The molecule has 3 heterocycles. The van der Waals surface area contributed by atoms with Gasteiger partial charge < -0.3 is 9.73 Å². The number of halogens is 1. The molecule has 8 heteroatoms. The molecule has 4 rings (SSSR count). The van der Waals surface area contributed by atoms with Gasteiger partial charge in [-0.2, -0.15) is 5.10 Å². The van der Waals surface area contributed by atoms with Gasteiger partial charge in [0.25, 0.3) is 5.91 Å². The number of likely N-dealkylation sites (tertiary alicyclic amines) is 1. The molecular formula is C27H35ClN4O3. The molecule has 1 N–H and O–H groups in total. The predicted octanol–water partition coefficient (Wildman–Crippen LogP) is 4.87. The molecule has 1 saturated heterocycles. The summed E-state index contributed by atoms with van der Waals surface area (Å²) in [6, 6.07) is 10.7. The number of rotatable bonds is 7. The zero-order valence-corrected chi connectivity index (χ0v) is 21.7. The standard InChI is InChI=1S/C27H35ClN4O3/c1-17(2)18(3)29-26(33)21-11-13-31(14-12-21)19(4)27(34)32-24(25-6-5-15-35-25)16-23(30-32)20-7-9-22(28)10-8-20/h5-10,15,17-19,21,24H,11-14,16H2,1-4H3,(H,29,33). The van der Waals surface area contributed by atoms with Crippen LogP contribution in [0.25, 0.3) is 0 Å². The third-order valence-electron chi connectivity index (χ3n) is 7.36. The Bertz CT molecular complexity index is 1040. The second-order valence-electron chi connectivity index (χ2n) is 10.00. The van der Waals surface area contributed by atoms with E-state index in [2.05, 4.69) is 24.1 Å². The van der Waals surface area contributed by atoms with Crippen molar-refractivity contribution in [3.05, 3.63) is 59.0 Å². The van der Waals surface area contributed by atoms with Crippen molar-refractivity contribution in [2.24, 2.45) is 16.9 Å². The molecule has 2 aliphatic heterocycles. The van der Waals surface area contributed by atoms with Crippen LogP contribution in [-0.4, -0.2) is 52.6 Å². The quantitative estimate of drug-likeness (QED) is 0.590. The molecule has 3 unspecified atom stereocenters. The molecule has 1 fully saturated rings. The maximum atomic E-state index is 13.7. The molecule has 0 bridgehead atoms. The topological polar surface area (TPSA) is 78.2 Å². The number of hydrogen-bond donors (Lipinski definition) is 1. The van der Waals surface area contributed by atoms with E-state index in [0.29, 0.717) is 36.2 Å². The summed E-state index contributed by atoms with van der Waals surface area (Å²) in [7, 11) is 0. The Kier molecular flexibility index (Phi) is 7.97. The van der Waals surface area contributed by atoms with Crippen LogP contribution in [0.1, 0.15) is 64.3 Å². The minimum absolute atomic E-state index is 0.00747. The third kappa shape index (κ3) is 5.78. The van der Waals surface area contributed by atoms with Crippen molar-refractivity contribution in [2.45, 2.75) is 65.1 Å². The van der Waals surface area contributed by atoms with Gasteiger partial charge in [0, 0.05) is 23.4 Å². The average Bonchev–Trinajstić information content (AvgIpc) is 3.54. The fraction of sp³-hybridized carbons (Fsp3) is 0.519. The van der Waals surface area contributed by atoms with Crippen LogP contribution >= 0.6 is 11.6 Å². The Balaban J connectivity index is 1.43. The van der Waals surface area contributed by atoms with E-state index in [9.17, 15) is 9.59 Å². The van der Waals surface area contributed by atoms with Crippen LogP contribution in [-0.2, 0) is 9.59 Å². The van der Waals surface area contributed by atoms with Gasteiger partial charge in [0.2, 0.25) is 5.91 Å². The zero-order chi connectivity index (χ0) is 25.1. The molecule has 0 radical (unpaired) electrons. The van der Waals surface area contributed by atoms with Gasteiger partial charge in [0.1, 0.15) is 11.8 Å². The highest BCUT2D eigenvalue weighted by molar-refractivity contribution is 6.30. The molecule has 0 spiro atoms. The molecule has 2 aromatic rings. The number of furan rings is 1. The minimum atomic E-state index is -0.348. The van der Waals surface area contributed by atoms with Crippen LogP contribution in [0.4, 0.5) is 0 Å². The van der Waals surface area contributed by atoms with Crippen molar-refractivity contribution in [3.63, 3.8) is 0 Å². The van der Waals surface area contributed by atoms with Crippen LogP contribution < -0.4 is 5.32 Å². The zero-order valence-electron chi connectivity index (χ0n) is 20.9. The Hall–Kier alpha value is -2.64. The highest BCUT2D eigenvalue weighted by Crippen LogP contribution is 2.34. The first-order valence-electron chi connectivity index (χ1n) is 12.5. The maximum Gasteiger partial charge on any atom is 0.260 e. The van der Waals surface area contributed by atoms with Crippen LogP contribution in [0.2, 0.25) is 5.02 Å². The first-order chi connectivity index (χ1) is 16.7. The number of amides is 2. The van der Waals surface area contributed by atoms with Gasteiger partial charge in [0.15, 0.2) is 0 Å². The van der Waals surface area contributed by atoms with Crippen molar-refractivity contribution in [3.8, 4) is 0 Å². The van der Waals surface area contributed by atoms with Crippen LogP contribution in [0.15, 0.2) is 52.2 Å². The lowest BCUT2D eigenvalue weighted by Crippen LogP contribution is -2.50. The number of piperidine rings is 1. The van der Waals surface area contributed by atoms with Crippen molar-refractivity contribution >= 4 is 29.1 Å². The number of benzene rings is 1. The summed E-state index contributed by atoms with van der Waals surface area (Å²) in [5.41, 5.74) is 1.77. The highest BCUT2D eigenvalue weighted by atomic mass is 35.5. The number of nitrogens with one attached hydrogen (secondary N) is 1. The van der Waals surface area contributed by atoms with Gasteiger partial charge >= 0.3 is 0 Å². The molecule has 2 aliphatic rings. The average molecular weight is 499 g/mol. The summed E-state index contributed by atoms with van der Waals surface area (Å²) in [6.07, 6.45) is 3.69. The Morgan fingerprint density at radius 1 is 1.09 bits per heavy atom. The lowest BCUT2D eigenvalue weighted by Gasteiger charge is -2.36. The number of hydrogen-bond acceptors (Lipinski definition) is 5. The van der Waals surface area contributed by atoms with E-state index >= 15 is 0 Å². The highest BCUT2D eigenvalue weighted by Gasteiger charge is 2.39. The number of carbonyl (C=O) groups excluding carboxylic acids is 2. The molecule has 2 amide bonds. The summed E-state index contributed by atoms with van der Waals surface area (Å²) >= 11 is 6.05. The van der Waals surface area contributed by atoms with E-state index in [-0.39, 0.29) is 35.9 Å². The fourth-order valence-electron chi connectivity index (χ4n) is 4.64. The summed E-state index contributed by atoms with van der Waals surface area (Å²) < 4.78 is 5.67. The molecule has 0 saturated carbocycles. The van der Waals surface area contributed by atoms with E-state index in [1.807, 2.05) is 50.2 Å². The monoisotopic (exact) mass is 498 g/mol. The summed E-state index contributed by atoms with van der Waals surface area (Å²) in [4.78, 5) is 28.5. The fourth-order valence-corrected chi connectivity index (χ4v) is 4.76. The Labute approximate surface area is 212 Å². The lowest BCUT2D eigenvalue weighted by molar-refractivity contribution is -0.139. The van der Waals surface area contributed by atoms with Crippen molar-refractivity contribution < 1.29 is 14.0 Å². The first kappa shape index (κ1) is 25.5. The third-order valence-corrected chi connectivity index (χ3v) is 7.61. The second kappa shape index (κ2) is 11.0. The van der Waals surface area contributed by atoms with E-state index in [0.717, 1.165) is 24.1 Å². The van der Waals surface area contributed by atoms with E-state index in [1.165, 1.54) is 0 Å². The smallest absolute Gasteiger partial charge is 0.260 e. The van der Waals surface area contributed by atoms with Gasteiger partial charge in [-0.05, 0) is 75.5 Å². The van der Waals surface area contributed by atoms with Gasteiger partial charge in [0.05, 0.1) is 18.0 Å². The maximum absolute atomic E-state index is 13.7. The van der Waals surface area contributed by atoms with Crippen molar-refractivity contribution in [2.75, 3.05) is 13.1 Å². The Morgan fingerprint density at radius 2 is 1.77 bits per heavy atom. The van der Waals surface area contributed by atoms with Crippen molar-refractivity contribution in [1.82, 2.24) is 15.2 Å². The molecule has 3 atom stereocenters. The predicted molar refractivity (Wildman–Crippen MR) is 137 cm³/mol. The van der Waals surface area contributed by atoms with Gasteiger partial charge in [-0.25, -0.2) is 5.01 Å². The van der Waals surface area contributed by atoms with Crippen LogP contribution in [0, 0.1) is 11.8 Å². The first-order valence-corrected chi connectivity index (χ1v) is 12.9. The molecule has 1 aromatic heterocycles. The summed E-state index contributed by atoms with van der Waals surface area (Å²) in [5.74, 6) is 1.17. The number of carbonyl (C=O) groups is 2. The van der Waals surface area contributed by atoms with Gasteiger partial charge in [-0.3, -0.25) is 14.5 Å².